The number of phosphoric ester groups is 1. The minimum absolute atomic E-state index is 0.0401. The predicted molar refractivity (Wildman–Crippen MR) is 236 cm³/mol. The van der Waals surface area contributed by atoms with E-state index in [1.54, 1.807) is 0 Å². The lowest BCUT2D eigenvalue weighted by Crippen LogP contribution is -2.37. The van der Waals surface area contributed by atoms with Crippen LogP contribution in [-0.4, -0.2) is 70.0 Å². The maximum Gasteiger partial charge on any atom is 0.306 e. The summed E-state index contributed by atoms with van der Waals surface area (Å²) in [6, 6.07) is 0. The van der Waals surface area contributed by atoms with E-state index in [9.17, 15) is 19.0 Å². The van der Waals surface area contributed by atoms with Gasteiger partial charge in [0.15, 0.2) is 6.10 Å². The van der Waals surface area contributed by atoms with Crippen LogP contribution >= 0.6 is 7.82 Å². The Kier molecular flexibility index (Phi) is 37.6. The molecule has 0 heterocycles. The second kappa shape index (κ2) is 39.2. The fourth-order valence-corrected chi connectivity index (χ4v) is 6.42. The number of hydrogen-bond acceptors (Lipinski definition) is 8. The van der Waals surface area contributed by atoms with Crippen molar-refractivity contribution in [2.24, 2.45) is 0 Å². The Hall–Kier alpha value is -2.29. The van der Waals surface area contributed by atoms with Gasteiger partial charge in [-0.25, -0.2) is 0 Å². The van der Waals surface area contributed by atoms with E-state index in [4.69, 9.17) is 18.5 Å². The van der Waals surface area contributed by atoms with Crippen LogP contribution < -0.4 is 4.89 Å². The zero-order chi connectivity index (χ0) is 42.1. The second-order valence-corrected chi connectivity index (χ2v) is 17.5. The van der Waals surface area contributed by atoms with Crippen LogP contribution in [0, 0.1) is 0 Å². The number of unbranched alkanes of at least 4 members (excludes halogenated alkanes) is 16. The van der Waals surface area contributed by atoms with Crippen LogP contribution in [0.1, 0.15) is 174 Å². The van der Waals surface area contributed by atoms with Crippen molar-refractivity contribution in [1.82, 2.24) is 0 Å². The molecule has 0 amide bonds. The predicted octanol–water partition coefficient (Wildman–Crippen LogP) is 12.2. The average Bonchev–Trinajstić information content (AvgIpc) is 3.16. The van der Waals surface area contributed by atoms with Gasteiger partial charge in [0, 0.05) is 12.8 Å². The Balaban J connectivity index is 4.42. The molecule has 0 bridgehead atoms. The number of ether oxygens (including phenoxy) is 2. The molecule has 10 heteroatoms. The van der Waals surface area contributed by atoms with Crippen molar-refractivity contribution in [3.63, 3.8) is 0 Å². The third-order valence-corrected chi connectivity index (χ3v) is 10.2. The molecule has 0 N–H and O–H groups in total. The van der Waals surface area contributed by atoms with Crippen LogP contribution in [0.4, 0.5) is 0 Å². The van der Waals surface area contributed by atoms with Crippen molar-refractivity contribution in [2.75, 3.05) is 47.5 Å². The number of carbonyl (C=O) groups is 2. The molecule has 0 aromatic rings. The van der Waals surface area contributed by atoms with Crippen molar-refractivity contribution in [3.8, 4) is 0 Å². The lowest BCUT2D eigenvalue weighted by molar-refractivity contribution is -0.870. The molecule has 0 aliphatic heterocycles. The monoisotopic (exact) mass is 822 g/mol. The first kappa shape index (κ1) is 54.7. The van der Waals surface area contributed by atoms with Crippen LogP contribution in [0.2, 0.25) is 0 Å². The van der Waals surface area contributed by atoms with E-state index in [1.165, 1.54) is 64.2 Å². The maximum atomic E-state index is 12.7. The maximum absolute atomic E-state index is 12.7. The normalized spacial score (nSPS) is 14.1. The van der Waals surface area contributed by atoms with E-state index >= 15 is 0 Å². The second-order valence-electron chi connectivity index (χ2n) is 16.1. The molecule has 330 valence electrons. The van der Waals surface area contributed by atoms with Gasteiger partial charge in [0.1, 0.15) is 19.8 Å². The largest absolute Gasteiger partial charge is 0.756 e. The molecule has 0 aliphatic carbocycles. The average molecular weight is 822 g/mol. The first-order valence-corrected chi connectivity index (χ1v) is 24.0. The molecule has 0 aromatic heterocycles. The summed E-state index contributed by atoms with van der Waals surface area (Å²) in [5, 5.41) is 0. The first-order chi connectivity index (χ1) is 27.5. The van der Waals surface area contributed by atoms with Crippen LogP contribution in [0.25, 0.3) is 0 Å². The summed E-state index contributed by atoms with van der Waals surface area (Å²) >= 11 is 0. The zero-order valence-electron chi connectivity index (χ0n) is 37.0. The Bertz CT molecular complexity index is 1160. The Morgan fingerprint density at radius 2 is 0.947 bits per heavy atom. The number of likely N-dealkylation sites (N-methyl/N-ethyl adjacent to an activating group) is 1. The number of nitrogens with zero attached hydrogens (tertiary/aromatic N) is 1. The van der Waals surface area contributed by atoms with E-state index in [1.807, 2.05) is 21.1 Å². The number of carbonyl (C=O) groups excluding carboxylic acids is 2. The number of quaternary nitrogens is 1. The molecule has 57 heavy (non-hydrogen) atoms. The van der Waals surface area contributed by atoms with Gasteiger partial charge in [-0.1, -0.05) is 139 Å². The van der Waals surface area contributed by atoms with Gasteiger partial charge < -0.3 is 27.9 Å². The summed E-state index contributed by atoms with van der Waals surface area (Å²) in [6.45, 7) is 4.13. The van der Waals surface area contributed by atoms with E-state index in [2.05, 4.69) is 74.6 Å². The number of allylic oxidation sites excluding steroid dienone is 10. The molecular formula is C47H84NO8P. The third kappa shape index (κ3) is 43.1. The number of hydrogen-bond donors (Lipinski definition) is 0. The summed E-state index contributed by atoms with van der Waals surface area (Å²) in [5.41, 5.74) is 0. The third-order valence-electron chi connectivity index (χ3n) is 9.26. The Labute approximate surface area is 349 Å². The Morgan fingerprint density at radius 3 is 1.47 bits per heavy atom. The molecule has 2 atom stereocenters. The SMILES string of the molecule is CCCCC/C=C\C/C=C\C/C=C\C/C=C\CCCCCC(=O)OC[C@H](COP(=O)([O-])OCC[N+](C)(C)C)OC(=O)CCCCCCC/C=C\CCCCCCC. The molecule has 0 saturated carbocycles. The van der Waals surface area contributed by atoms with Gasteiger partial charge in [0.2, 0.25) is 0 Å². The zero-order valence-corrected chi connectivity index (χ0v) is 37.9. The molecule has 0 fully saturated rings. The fourth-order valence-electron chi connectivity index (χ4n) is 5.69. The summed E-state index contributed by atoms with van der Waals surface area (Å²) in [6.07, 6.45) is 46.7. The number of rotatable bonds is 40. The molecular weight excluding hydrogens is 737 g/mol. The summed E-state index contributed by atoms with van der Waals surface area (Å²) in [7, 11) is 1.13. The first-order valence-electron chi connectivity index (χ1n) is 22.5. The van der Waals surface area contributed by atoms with Gasteiger partial charge >= 0.3 is 11.9 Å². The lowest BCUT2D eigenvalue weighted by atomic mass is 10.1. The van der Waals surface area contributed by atoms with Crippen LogP contribution in [-0.2, 0) is 32.7 Å². The van der Waals surface area contributed by atoms with Crippen molar-refractivity contribution < 1.29 is 42.1 Å². The van der Waals surface area contributed by atoms with Crippen molar-refractivity contribution in [2.45, 2.75) is 180 Å². The highest BCUT2D eigenvalue weighted by Crippen LogP contribution is 2.38. The van der Waals surface area contributed by atoms with Crippen molar-refractivity contribution >= 4 is 19.8 Å². The molecule has 1 unspecified atom stereocenters. The van der Waals surface area contributed by atoms with E-state index in [0.29, 0.717) is 23.9 Å². The molecule has 0 saturated heterocycles. The van der Waals surface area contributed by atoms with Crippen LogP contribution in [0.5, 0.6) is 0 Å². The highest BCUT2D eigenvalue weighted by molar-refractivity contribution is 7.45. The highest BCUT2D eigenvalue weighted by Gasteiger charge is 2.21. The molecule has 0 radical (unpaired) electrons. The smallest absolute Gasteiger partial charge is 0.306 e. The summed E-state index contributed by atoms with van der Waals surface area (Å²) in [5.74, 6) is -0.884. The van der Waals surface area contributed by atoms with Gasteiger partial charge in [-0.3, -0.25) is 14.2 Å². The Morgan fingerprint density at radius 1 is 0.544 bits per heavy atom. The molecule has 0 rings (SSSR count). The fraction of sp³-hybridized carbons (Fsp3) is 0.745. The van der Waals surface area contributed by atoms with Gasteiger partial charge in [0.05, 0.1) is 27.7 Å². The lowest BCUT2D eigenvalue weighted by Gasteiger charge is -2.28. The number of esters is 2. The quantitative estimate of drug-likeness (QED) is 0.0197. The van der Waals surface area contributed by atoms with Gasteiger partial charge in [-0.2, -0.15) is 0 Å². The minimum atomic E-state index is -4.64. The van der Waals surface area contributed by atoms with E-state index in [0.717, 1.165) is 70.6 Å². The molecule has 0 aliphatic rings. The van der Waals surface area contributed by atoms with Crippen molar-refractivity contribution in [3.05, 3.63) is 60.8 Å². The topological polar surface area (TPSA) is 111 Å². The summed E-state index contributed by atoms with van der Waals surface area (Å²) < 4.78 is 33.9. The van der Waals surface area contributed by atoms with Gasteiger partial charge in [-0.15, -0.1) is 0 Å². The molecule has 0 spiro atoms. The van der Waals surface area contributed by atoms with Gasteiger partial charge in [-0.05, 0) is 83.5 Å². The van der Waals surface area contributed by atoms with Crippen LogP contribution in [0.3, 0.4) is 0 Å². The standard InChI is InChI=1S/C47H84NO8P/c1-6-8-10-12-14-16-18-20-22-23-24-25-26-28-29-31-33-35-37-39-46(49)53-43-45(44-55-57(51,52)54-42-41-48(3,4)5)56-47(50)40-38-36-34-32-30-27-21-19-17-15-13-11-9-7-2/h14,16,19-22,24-25,28-29,45H,6-13,15,17-18,23,26-27,30-44H2,1-5H3/b16-14-,21-19-,22-20-,25-24-,29-28-/t45-/m1/s1. The van der Waals surface area contributed by atoms with E-state index in [-0.39, 0.29) is 26.1 Å². The minimum Gasteiger partial charge on any atom is -0.756 e. The van der Waals surface area contributed by atoms with Gasteiger partial charge in [0.25, 0.3) is 7.82 Å². The highest BCUT2D eigenvalue weighted by atomic mass is 31.2. The van der Waals surface area contributed by atoms with Crippen LogP contribution in [0.15, 0.2) is 60.8 Å². The summed E-state index contributed by atoms with van der Waals surface area (Å²) in [4.78, 5) is 37.5. The molecule has 9 nitrogen and oxygen atoms in total. The van der Waals surface area contributed by atoms with E-state index < -0.39 is 32.5 Å². The van der Waals surface area contributed by atoms with Crippen molar-refractivity contribution in [1.29, 1.82) is 0 Å². The number of phosphoric acid groups is 1. The molecule has 0 aromatic carbocycles.